The van der Waals surface area contributed by atoms with Crippen LogP contribution in [0.4, 0.5) is 5.69 Å². The van der Waals surface area contributed by atoms with Gasteiger partial charge in [-0.2, -0.15) is 0 Å². The smallest absolute Gasteiger partial charge is 0.224 e. The Morgan fingerprint density at radius 2 is 1.95 bits per heavy atom. The van der Waals surface area contributed by atoms with Crippen LogP contribution >= 0.6 is 0 Å². The minimum absolute atomic E-state index is 0.223. The van der Waals surface area contributed by atoms with E-state index in [1.807, 2.05) is 29.2 Å². The number of anilines is 1. The van der Waals surface area contributed by atoms with Crippen LogP contribution in [0.15, 0.2) is 24.3 Å². The van der Waals surface area contributed by atoms with E-state index in [9.17, 15) is 4.79 Å². The second kappa shape index (κ2) is 7.14. The first-order chi connectivity index (χ1) is 9.70. The molecule has 1 saturated heterocycles. The lowest BCUT2D eigenvalue weighted by molar-refractivity contribution is -0.132. The summed E-state index contributed by atoms with van der Waals surface area (Å²) in [4.78, 5) is 16.3. The molecule has 1 aromatic rings. The van der Waals surface area contributed by atoms with Crippen molar-refractivity contribution in [1.29, 1.82) is 0 Å². The summed E-state index contributed by atoms with van der Waals surface area (Å²) in [6.07, 6.45) is 0.516. The Morgan fingerprint density at radius 1 is 1.25 bits per heavy atom. The van der Waals surface area contributed by atoms with Crippen molar-refractivity contribution in [1.82, 2.24) is 9.80 Å². The van der Waals surface area contributed by atoms with Crippen molar-refractivity contribution in [3.05, 3.63) is 24.3 Å². The number of carbonyl (C=O) groups excluding carboxylic acids is 1. The molecule has 2 rings (SSSR count). The van der Waals surface area contributed by atoms with Gasteiger partial charge in [0.1, 0.15) is 5.75 Å². The van der Waals surface area contributed by atoms with Crippen LogP contribution in [0.25, 0.3) is 0 Å². The van der Waals surface area contributed by atoms with Gasteiger partial charge in [-0.25, -0.2) is 0 Å². The van der Waals surface area contributed by atoms with E-state index in [1.165, 1.54) is 0 Å². The van der Waals surface area contributed by atoms with Crippen molar-refractivity contribution in [3.63, 3.8) is 0 Å². The van der Waals surface area contributed by atoms with Gasteiger partial charge in [0.2, 0.25) is 5.91 Å². The molecule has 0 aromatic heterocycles. The van der Waals surface area contributed by atoms with Crippen LogP contribution in [0.3, 0.4) is 0 Å². The topological polar surface area (TPSA) is 44.8 Å². The number of amides is 1. The van der Waals surface area contributed by atoms with Crippen molar-refractivity contribution >= 4 is 11.6 Å². The number of hydrogen-bond acceptors (Lipinski definition) is 4. The molecule has 0 radical (unpaired) electrons. The molecule has 1 aliphatic heterocycles. The van der Waals surface area contributed by atoms with Crippen molar-refractivity contribution in [3.8, 4) is 5.75 Å². The Labute approximate surface area is 120 Å². The summed E-state index contributed by atoms with van der Waals surface area (Å²) in [6, 6.07) is 7.75. The normalized spacial score (nSPS) is 16.0. The van der Waals surface area contributed by atoms with Crippen LogP contribution in [0.1, 0.15) is 6.42 Å². The number of likely N-dealkylation sites (N-methyl/N-ethyl adjacent to an activating group) is 1. The molecule has 5 heteroatoms. The van der Waals surface area contributed by atoms with E-state index in [0.717, 1.165) is 37.6 Å². The maximum atomic E-state index is 12.1. The Hall–Kier alpha value is -1.75. The molecule has 20 heavy (non-hydrogen) atoms. The first kappa shape index (κ1) is 14.7. The lowest BCUT2D eigenvalue weighted by Gasteiger charge is -2.32. The molecule has 1 amide bonds. The Bertz CT molecular complexity index is 442. The number of hydrogen-bond donors (Lipinski definition) is 1. The van der Waals surface area contributed by atoms with Gasteiger partial charge in [-0.15, -0.1) is 0 Å². The molecule has 0 aliphatic carbocycles. The number of piperazine rings is 1. The lowest BCUT2D eigenvalue weighted by atomic mass is 10.2. The number of ether oxygens (including phenoxy) is 1. The largest absolute Gasteiger partial charge is 0.495 e. The first-order valence-electron chi connectivity index (χ1n) is 7.04. The molecule has 0 atom stereocenters. The zero-order valence-corrected chi connectivity index (χ0v) is 12.3. The molecule has 0 saturated carbocycles. The number of para-hydroxylation sites is 2. The summed E-state index contributed by atoms with van der Waals surface area (Å²) >= 11 is 0. The molecular weight excluding hydrogens is 254 g/mol. The summed E-state index contributed by atoms with van der Waals surface area (Å²) in [6.45, 7) is 4.23. The molecule has 1 N–H and O–H groups in total. The van der Waals surface area contributed by atoms with E-state index >= 15 is 0 Å². The summed E-state index contributed by atoms with van der Waals surface area (Å²) in [5, 5.41) is 3.26. The van der Waals surface area contributed by atoms with E-state index in [0.29, 0.717) is 13.0 Å². The average Bonchev–Trinajstić information content (AvgIpc) is 2.48. The summed E-state index contributed by atoms with van der Waals surface area (Å²) in [5.74, 6) is 1.03. The van der Waals surface area contributed by atoms with Crippen LogP contribution in [-0.4, -0.2) is 62.6 Å². The zero-order valence-electron chi connectivity index (χ0n) is 12.3. The SMILES string of the molecule is COc1ccccc1NCCC(=O)N1CCN(C)CC1. The number of carbonyl (C=O) groups is 1. The predicted octanol–water partition coefficient (Wildman–Crippen LogP) is 1.27. The number of rotatable bonds is 5. The minimum atomic E-state index is 0.223. The van der Waals surface area contributed by atoms with Crippen LogP contribution in [0.2, 0.25) is 0 Å². The molecular formula is C15H23N3O2. The summed E-state index contributed by atoms with van der Waals surface area (Å²) in [5.41, 5.74) is 0.932. The molecule has 1 heterocycles. The quantitative estimate of drug-likeness (QED) is 0.880. The van der Waals surface area contributed by atoms with Crippen LogP contribution in [-0.2, 0) is 4.79 Å². The lowest BCUT2D eigenvalue weighted by Crippen LogP contribution is -2.47. The molecule has 110 valence electrons. The molecule has 0 unspecified atom stereocenters. The van der Waals surface area contributed by atoms with E-state index in [2.05, 4.69) is 17.3 Å². The highest BCUT2D eigenvalue weighted by Gasteiger charge is 2.18. The monoisotopic (exact) mass is 277 g/mol. The number of nitrogens with zero attached hydrogens (tertiary/aromatic N) is 2. The molecule has 1 aliphatic rings. The van der Waals surface area contributed by atoms with Gasteiger partial charge in [0.25, 0.3) is 0 Å². The third-order valence-corrected chi connectivity index (χ3v) is 3.62. The van der Waals surface area contributed by atoms with E-state index in [4.69, 9.17) is 4.74 Å². The highest BCUT2D eigenvalue weighted by molar-refractivity contribution is 5.77. The molecule has 1 aromatic carbocycles. The maximum absolute atomic E-state index is 12.1. The first-order valence-corrected chi connectivity index (χ1v) is 7.04. The van der Waals surface area contributed by atoms with Gasteiger partial charge in [0.05, 0.1) is 12.8 Å². The standard InChI is InChI=1S/C15H23N3O2/c1-17-9-11-18(12-10-17)15(19)7-8-16-13-5-3-4-6-14(13)20-2/h3-6,16H,7-12H2,1-2H3. The fourth-order valence-electron chi connectivity index (χ4n) is 2.31. The second-order valence-electron chi connectivity index (χ2n) is 5.06. The van der Waals surface area contributed by atoms with Crippen molar-refractivity contribution < 1.29 is 9.53 Å². The average molecular weight is 277 g/mol. The van der Waals surface area contributed by atoms with Gasteiger partial charge in [0, 0.05) is 39.1 Å². The molecule has 5 nitrogen and oxygen atoms in total. The Balaban J connectivity index is 1.76. The number of methoxy groups -OCH3 is 1. The van der Waals surface area contributed by atoms with E-state index in [1.54, 1.807) is 7.11 Å². The summed E-state index contributed by atoms with van der Waals surface area (Å²) < 4.78 is 5.27. The van der Waals surface area contributed by atoms with Gasteiger partial charge in [-0.05, 0) is 19.2 Å². The third kappa shape index (κ3) is 3.87. The van der Waals surface area contributed by atoms with Crippen LogP contribution in [0.5, 0.6) is 5.75 Å². The van der Waals surface area contributed by atoms with E-state index in [-0.39, 0.29) is 5.91 Å². The van der Waals surface area contributed by atoms with Crippen molar-refractivity contribution in [2.75, 3.05) is 52.2 Å². The third-order valence-electron chi connectivity index (χ3n) is 3.62. The highest BCUT2D eigenvalue weighted by Crippen LogP contribution is 2.22. The predicted molar refractivity (Wildman–Crippen MR) is 80.2 cm³/mol. The maximum Gasteiger partial charge on any atom is 0.224 e. The minimum Gasteiger partial charge on any atom is -0.495 e. The molecule has 1 fully saturated rings. The molecule has 0 spiro atoms. The number of nitrogens with one attached hydrogen (secondary N) is 1. The second-order valence-corrected chi connectivity index (χ2v) is 5.06. The van der Waals surface area contributed by atoms with Gasteiger partial charge >= 0.3 is 0 Å². The van der Waals surface area contributed by atoms with E-state index < -0.39 is 0 Å². The fraction of sp³-hybridized carbons (Fsp3) is 0.533. The van der Waals surface area contributed by atoms with Gasteiger partial charge in [-0.3, -0.25) is 4.79 Å². The van der Waals surface area contributed by atoms with Gasteiger partial charge in [0.15, 0.2) is 0 Å². The van der Waals surface area contributed by atoms with Crippen molar-refractivity contribution in [2.24, 2.45) is 0 Å². The zero-order chi connectivity index (χ0) is 14.4. The Kier molecular flexibility index (Phi) is 5.24. The fourth-order valence-corrected chi connectivity index (χ4v) is 2.31. The van der Waals surface area contributed by atoms with Gasteiger partial charge in [-0.1, -0.05) is 12.1 Å². The highest BCUT2D eigenvalue weighted by atomic mass is 16.5. The molecule has 0 bridgehead atoms. The van der Waals surface area contributed by atoms with Crippen molar-refractivity contribution in [2.45, 2.75) is 6.42 Å². The summed E-state index contributed by atoms with van der Waals surface area (Å²) in [7, 11) is 3.74. The van der Waals surface area contributed by atoms with Crippen LogP contribution < -0.4 is 10.1 Å². The number of benzene rings is 1. The Morgan fingerprint density at radius 3 is 2.65 bits per heavy atom. The van der Waals surface area contributed by atoms with Crippen LogP contribution in [0, 0.1) is 0 Å². The van der Waals surface area contributed by atoms with Gasteiger partial charge < -0.3 is 19.9 Å².